The minimum atomic E-state index is -4.45. The van der Waals surface area contributed by atoms with Crippen LogP contribution < -0.4 is 19.7 Å². The highest BCUT2D eigenvalue weighted by molar-refractivity contribution is 5.87. The molecule has 6 rings (SSSR count). The molecule has 3 aliphatic carbocycles. The lowest BCUT2D eigenvalue weighted by Crippen LogP contribution is -2.56. The zero-order valence-electron chi connectivity index (χ0n) is 30.8. The lowest BCUT2D eigenvalue weighted by Gasteiger charge is -2.40. The fraction of sp³-hybridized carbons (Fsp3) is 0.684. The Morgan fingerprint density at radius 2 is 1.44 bits per heavy atom. The first-order valence-electron chi connectivity index (χ1n) is 18.9. The first kappa shape index (κ1) is 42.9. The molecule has 4 N–H and O–H groups in total. The van der Waals surface area contributed by atoms with Gasteiger partial charge in [-0.1, -0.05) is 51.9 Å². The van der Waals surface area contributed by atoms with Crippen LogP contribution in [0.15, 0.2) is 24.5 Å². The third kappa shape index (κ3) is 14.8. The number of carbonyl (C=O) groups is 2. The number of nitrogens with zero attached hydrogens (tertiary/aromatic N) is 3. The molecule has 4 aliphatic rings. The molecule has 0 aromatic carbocycles. The average Bonchev–Trinajstić information content (AvgIpc) is 3.98. The number of halogens is 5. The lowest BCUT2D eigenvalue weighted by atomic mass is 10.1. The van der Waals surface area contributed by atoms with E-state index in [-0.39, 0.29) is 41.7 Å². The van der Waals surface area contributed by atoms with Crippen molar-refractivity contribution in [3.63, 3.8) is 0 Å². The number of ether oxygens (including phenoxy) is 2. The Morgan fingerprint density at radius 1 is 0.870 bits per heavy atom. The number of pyridine rings is 2. The Balaban J connectivity index is 0.000000182. The Labute approximate surface area is 312 Å². The van der Waals surface area contributed by atoms with E-state index in [9.17, 15) is 31.5 Å². The summed E-state index contributed by atoms with van der Waals surface area (Å²) in [6, 6.07) is 2.35. The molecule has 11 nitrogen and oxygen atoms in total. The number of hydrogen-bond acceptors (Lipinski definition) is 9. The van der Waals surface area contributed by atoms with Gasteiger partial charge in [0.25, 0.3) is 5.92 Å². The second-order valence-corrected chi connectivity index (χ2v) is 14.7. The maximum absolute atomic E-state index is 12.9. The van der Waals surface area contributed by atoms with E-state index in [4.69, 9.17) is 20.1 Å². The summed E-state index contributed by atoms with van der Waals surface area (Å²) >= 11 is 0. The number of anilines is 1. The quantitative estimate of drug-likeness (QED) is 0.0768. The van der Waals surface area contributed by atoms with Crippen molar-refractivity contribution in [2.75, 3.05) is 44.4 Å². The number of hydrogen-bond donors (Lipinski definition) is 4. The highest BCUT2D eigenvalue weighted by Crippen LogP contribution is 2.44. The van der Waals surface area contributed by atoms with Crippen molar-refractivity contribution in [1.29, 1.82) is 0 Å². The van der Waals surface area contributed by atoms with Crippen LogP contribution in [0.2, 0.25) is 0 Å². The number of aliphatic hydroxyl groups excluding tert-OH is 1. The smallest absolute Gasteiger partial charge is 0.422 e. The summed E-state index contributed by atoms with van der Waals surface area (Å²) in [6.07, 6.45) is 15.4. The van der Waals surface area contributed by atoms with E-state index >= 15 is 0 Å². The summed E-state index contributed by atoms with van der Waals surface area (Å²) in [5, 5.41) is 30.3. The predicted octanol–water partition coefficient (Wildman–Crippen LogP) is 7.86. The van der Waals surface area contributed by atoms with Crippen molar-refractivity contribution in [3.05, 3.63) is 41.5 Å². The molecule has 4 fully saturated rings. The van der Waals surface area contributed by atoms with E-state index in [0.29, 0.717) is 36.1 Å². The summed E-state index contributed by atoms with van der Waals surface area (Å²) < 4.78 is 72.4. The summed E-state index contributed by atoms with van der Waals surface area (Å²) in [4.78, 5) is 30.5. The second-order valence-electron chi connectivity index (χ2n) is 14.7. The summed E-state index contributed by atoms with van der Waals surface area (Å²) in [5.74, 6) is -4.26. The number of rotatable bonds is 20. The molecule has 3 heterocycles. The molecule has 0 atom stereocenters. The van der Waals surface area contributed by atoms with Crippen molar-refractivity contribution < 1.29 is 56.3 Å². The lowest BCUT2D eigenvalue weighted by molar-refractivity contribution is -0.153. The molecule has 0 amide bonds. The molecule has 0 spiro atoms. The van der Waals surface area contributed by atoms with Gasteiger partial charge in [-0.15, -0.1) is 0 Å². The zero-order valence-corrected chi connectivity index (χ0v) is 30.8. The van der Waals surface area contributed by atoms with Gasteiger partial charge >= 0.3 is 18.1 Å². The van der Waals surface area contributed by atoms with Gasteiger partial charge in [0.2, 0.25) is 0 Å². The number of carboxylic acid groups (broad SMARTS) is 2. The van der Waals surface area contributed by atoms with Crippen molar-refractivity contribution in [2.45, 2.75) is 120 Å². The molecular formula is C38H53F5N4O7. The normalized spacial score (nSPS) is 17.9. The summed E-state index contributed by atoms with van der Waals surface area (Å²) in [5.41, 5.74) is 0.649. The van der Waals surface area contributed by atoms with E-state index in [1.165, 1.54) is 87.6 Å². The Morgan fingerprint density at radius 3 is 1.94 bits per heavy atom. The van der Waals surface area contributed by atoms with Crippen LogP contribution in [0.25, 0.3) is 0 Å². The topological polar surface area (TPSA) is 154 Å². The van der Waals surface area contributed by atoms with Crippen LogP contribution in [0.1, 0.15) is 129 Å². The molecule has 0 unspecified atom stereocenters. The molecule has 54 heavy (non-hydrogen) atoms. The number of carboxylic acids is 2. The van der Waals surface area contributed by atoms with E-state index in [2.05, 4.69) is 26.9 Å². The highest BCUT2D eigenvalue weighted by atomic mass is 19.4. The predicted molar refractivity (Wildman–Crippen MR) is 191 cm³/mol. The van der Waals surface area contributed by atoms with Gasteiger partial charge in [0, 0.05) is 29.4 Å². The van der Waals surface area contributed by atoms with Gasteiger partial charge in [0.15, 0.2) is 18.0 Å². The van der Waals surface area contributed by atoms with Crippen LogP contribution in [0, 0.1) is 5.92 Å². The van der Waals surface area contributed by atoms with Crippen LogP contribution in [-0.4, -0.2) is 94.3 Å². The zero-order chi connectivity index (χ0) is 39.4. The summed E-state index contributed by atoms with van der Waals surface area (Å²) in [7, 11) is 0. The third-order valence-corrected chi connectivity index (χ3v) is 9.63. The molecule has 0 radical (unpaired) electrons. The minimum absolute atomic E-state index is 0.0396. The van der Waals surface area contributed by atoms with Gasteiger partial charge < -0.3 is 35.0 Å². The molecule has 1 aliphatic heterocycles. The van der Waals surface area contributed by atoms with Crippen LogP contribution in [0.3, 0.4) is 0 Å². The molecule has 3 saturated carbocycles. The Hall–Kier alpha value is -3.79. The number of nitrogens with one attached hydrogen (secondary N) is 1. The molecule has 2 aromatic rings. The molecular weight excluding hydrogens is 719 g/mol. The highest BCUT2D eigenvalue weighted by Gasteiger charge is 2.45. The second kappa shape index (κ2) is 19.7. The van der Waals surface area contributed by atoms with Crippen LogP contribution in [0.5, 0.6) is 11.5 Å². The monoisotopic (exact) mass is 772 g/mol. The van der Waals surface area contributed by atoms with Crippen molar-refractivity contribution in [1.82, 2.24) is 15.3 Å². The molecule has 16 heteroatoms. The van der Waals surface area contributed by atoms with Gasteiger partial charge in [-0.2, -0.15) is 13.2 Å². The van der Waals surface area contributed by atoms with Crippen LogP contribution in [-0.2, 0) is 0 Å². The Bertz CT molecular complexity index is 1510. The SMILES string of the molecule is CCCCCCCCCCNC1(CO)CC1.O=C(O)c1cc(OCC(F)(F)F)c(C2CC2)cn1.O=C(O)c1cc(OCC2CC2)c(N2CC(F)(F)C2)cn1. The third-order valence-electron chi connectivity index (χ3n) is 9.63. The van der Waals surface area contributed by atoms with Gasteiger partial charge in [-0.25, -0.2) is 28.3 Å². The van der Waals surface area contributed by atoms with Crippen molar-refractivity contribution >= 4 is 17.6 Å². The standard InChI is InChI=1S/C14H29NO.C13H14F2N2O3.C11H10F3NO3/c1-2-3-4-5-6-7-8-9-12-15-14(13-16)10-11-14;14-13(15)6-17(7-13)10-4-16-9(12(18)19)3-11(10)20-5-8-1-2-8;12-11(13,14)5-18-9-3-8(10(16)17)15-4-7(9)6-1-2-6/h15-16H,2-13H2,1H3;3-4,8H,1-2,5-7H2,(H,18,19);3-4,6H,1-2,5H2,(H,16,17). The molecule has 1 saturated heterocycles. The number of aromatic carboxylic acids is 2. The largest absolute Gasteiger partial charge is 0.491 e. The fourth-order valence-electron chi connectivity index (χ4n) is 5.78. The van der Waals surface area contributed by atoms with E-state index in [1.54, 1.807) is 0 Å². The molecule has 2 aromatic heterocycles. The average molecular weight is 773 g/mol. The van der Waals surface area contributed by atoms with Crippen LogP contribution >= 0.6 is 0 Å². The van der Waals surface area contributed by atoms with E-state index in [1.807, 2.05) is 0 Å². The first-order valence-corrected chi connectivity index (χ1v) is 18.9. The van der Waals surface area contributed by atoms with Gasteiger partial charge in [-0.3, -0.25) is 0 Å². The van der Waals surface area contributed by atoms with Gasteiger partial charge in [0.05, 0.1) is 38.2 Å². The maximum Gasteiger partial charge on any atom is 0.422 e. The molecule has 0 bridgehead atoms. The van der Waals surface area contributed by atoms with Crippen molar-refractivity contribution in [3.8, 4) is 11.5 Å². The van der Waals surface area contributed by atoms with Gasteiger partial charge in [-0.05, 0) is 63.3 Å². The number of alkyl halides is 5. The van der Waals surface area contributed by atoms with Crippen LogP contribution in [0.4, 0.5) is 27.6 Å². The first-order chi connectivity index (χ1) is 25.6. The minimum Gasteiger partial charge on any atom is -0.491 e. The number of aromatic nitrogens is 2. The number of aliphatic hydroxyl groups is 1. The fourth-order valence-corrected chi connectivity index (χ4v) is 5.78. The summed E-state index contributed by atoms with van der Waals surface area (Å²) in [6.45, 7) is 1.96. The Kier molecular flexibility index (Phi) is 15.7. The van der Waals surface area contributed by atoms with E-state index in [0.717, 1.165) is 38.3 Å². The van der Waals surface area contributed by atoms with Crippen molar-refractivity contribution in [2.24, 2.45) is 5.92 Å². The van der Waals surface area contributed by atoms with Gasteiger partial charge in [0.1, 0.15) is 11.5 Å². The number of unbranched alkanes of at least 4 members (excludes halogenated alkanes) is 7. The maximum atomic E-state index is 12.9. The van der Waals surface area contributed by atoms with E-state index < -0.39 is 30.6 Å². The molecule has 302 valence electrons.